The standard InChI is InChI=1S/C9H16N2O/c1-3-5-10-11-9-4-6-12-8(2)7-9/h3,8,10H,1,4-7H2,2H3/b11-9+. The minimum absolute atomic E-state index is 0.322. The van der Waals surface area contributed by atoms with Crippen LogP contribution in [0.4, 0.5) is 0 Å². The summed E-state index contributed by atoms with van der Waals surface area (Å²) in [7, 11) is 0. The first kappa shape index (κ1) is 9.26. The van der Waals surface area contributed by atoms with Crippen molar-refractivity contribution in [3.05, 3.63) is 12.7 Å². The maximum atomic E-state index is 5.39. The van der Waals surface area contributed by atoms with E-state index in [1.165, 1.54) is 5.71 Å². The Morgan fingerprint density at radius 1 is 1.83 bits per heavy atom. The minimum atomic E-state index is 0.322. The zero-order chi connectivity index (χ0) is 8.81. The van der Waals surface area contributed by atoms with Gasteiger partial charge in [0.05, 0.1) is 19.3 Å². The Kier molecular flexibility index (Phi) is 3.80. The summed E-state index contributed by atoms with van der Waals surface area (Å²) in [6.45, 7) is 7.21. The highest BCUT2D eigenvalue weighted by Crippen LogP contribution is 2.09. The average Bonchev–Trinajstić information content (AvgIpc) is 2.05. The monoisotopic (exact) mass is 168 g/mol. The second-order valence-corrected chi connectivity index (χ2v) is 2.96. The van der Waals surface area contributed by atoms with E-state index in [-0.39, 0.29) is 0 Å². The molecule has 3 nitrogen and oxygen atoms in total. The summed E-state index contributed by atoms with van der Waals surface area (Å²) in [5.74, 6) is 0. The second kappa shape index (κ2) is 4.93. The number of ether oxygens (including phenoxy) is 1. The molecule has 0 saturated carbocycles. The summed E-state index contributed by atoms with van der Waals surface area (Å²) in [4.78, 5) is 0. The van der Waals surface area contributed by atoms with Gasteiger partial charge in [0, 0.05) is 18.6 Å². The molecule has 0 bridgehead atoms. The van der Waals surface area contributed by atoms with E-state index < -0.39 is 0 Å². The maximum Gasteiger partial charge on any atom is 0.0599 e. The van der Waals surface area contributed by atoms with Crippen molar-refractivity contribution in [3.63, 3.8) is 0 Å². The summed E-state index contributed by atoms with van der Waals surface area (Å²) in [6, 6.07) is 0. The van der Waals surface area contributed by atoms with Crippen molar-refractivity contribution in [2.45, 2.75) is 25.9 Å². The Labute approximate surface area is 73.5 Å². The molecule has 1 atom stereocenters. The highest BCUT2D eigenvalue weighted by atomic mass is 16.5. The Bertz CT molecular complexity index is 177. The molecule has 1 N–H and O–H groups in total. The predicted octanol–water partition coefficient (Wildman–Crippen LogP) is 1.32. The molecule has 1 aliphatic heterocycles. The number of hydrazone groups is 1. The molecule has 0 aromatic carbocycles. The van der Waals surface area contributed by atoms with Gasteiger partial charge in [-0.15, -0.1) is 6.58 Å². The largest absolute Gasteiger partial charge is 0.378 e. The van der Waals surface area contributed by atoms with Crippen LogP contribution in [0, 0.1) is 0 Å². The molecule has 3 heteroatoms. The van der Waals surface area contributed by atoms with Crippen LogP contribution < -0.4 is 5.43 Å². The van der Waals surface area contributed by atoms with E-state index in [0.717, 1.165) is 26.0 Å². The summed E-state index contributed by atoms with van der Waals surface area (Å²) in [5.41, 5.74) is 4.14. The molecule has 1 heterocycles. The molecule has 1 rings (SSSR count). The first-order valence-electron chi connectivity index (χ1n) is 4.33. The lowest BCUT2D eigenvalue weighted by Gasteiger charge is -2.20. The molecule has 0 aromatic heterocycles. The number of hydrogen-bond acceptors (Lipinski definition) is 3. The van der Waals surface area contributed by atoms with Gasteiger partial charge in [-0.3, -0.25) is 0 Å². The molecule has 12 heavy (non-hydrogen) atoms. The third-order valence-electron chi connectivity index (χ3n) is 1.79. The SMILES string of the molecule is C=CCN/N=C1\CCOC(C)C1. The average molecular weight is 168 g/mol. The van der Waals surface area contributed by atoms with Crippen molar-refractivity contribution >= 4 is 5.71 Å². The van der Waals surface area contributed by atoms with Crippen LogP contribution >= 0.6 is 0 Å². The predicted molar refractivity (Wildman–Crippen MR) is 50.3 cm³/mol. The van der Waals surface area contributed by atoms with Gasteiger partial charge in [-0.05, 0) is 6.92 Å². The fraction of sp³-hybridized carbons (Fsp3) is 0.667. The smallest absolute Gasteiger partial charge is 0.0599 e. The quantitative estimate of drug-likeness (QED) is 0.391. The van der Waals surface area contributed by atoms with Crippen molar-refractivity contribution in [1.82, 2.24) is 5.43 Å². The minimum Gasteiger partial charge on any atom is -0.378 e. The fourth-order valence-corrected chi connectivity index (χ4v) is 1.19. The van der Waals surface area contributed by atoms with Gasteiger partial charge in [0.1, 0.15) is 0 Å². The first-order chi connectivity index (χ1) is 5.83. The lowest BCUT2D eigenvalue weighted by atomic mass is 10.1. The van der Waals surface area contributed by atoms with E-state index in [1.54, 1.807) is 6.08 Å². The van der Waals surface area contributed by atoms with E-state index in [4.69, 9.17) is 4.74 Å². The van der Waals surface area contributed by atoms with Crippen molar-refractivity contribution in [2.75, 3.05) is 13.2 Å². The van der Waals surface area contributed by atoms with E-state index in [1.807, 2.05) is 0 Å². The summed E-state index contributed by atoms with van der Waals surface area (Å²) in [5, 5.41) is 4.24. The van der Waals surface area contributed by atoms with Crippen LogP contribution in [0.2, 0.25) is 0 Å². The van der Waals surface area contributed by atoms with Gasteiger partial charge in [0.2, 0.25) is 0 Å². The van der Waals surface area contributed by atoms with Gasteiger partial charge in [-0.2, -0.15) is 5.10 Å². The first-order valence-corrected chi connectivity index (χ1v) is 4.33. The Balaban J connectivity index is 2.29. The van der Waals surface area contributed by atoms with Gasteiger partial charge in [0.15, 0.2) is 0 Å². The van der Waals surface area contributed by atoms with Gasteiger partial charge in [0.25, 0.3) is 0 Å². The highest BCUT2D eigenvalue weighted by Gasteiger charge is 2.13. The van der Waals surface area contributed by atoms with Crippen LogP contribution in [0.5, 0.6) is 0 Å². The van der Waals surface area contributed by atoms with Crippen LogP contribution in [0.25, 0.3) is 0 Å². The molecule has 68 valence electrons. The van der Waals surface area contributed by atoms with Crippen LogP contribution in [0.1, 0.15) is 19.8 Å². The Morgan fingerprint density at radius 3 is 3.33 bits per heavy atom. The number of hydrogen-bond donors (Lipinski definition) is 1. The fourth-order valence-electron chi connectivity index (χ4n) is 1.19. The Hall–Kier alpha value is -0.830. The van der Waals surface area contributed by atoms with Gasteiger partial charge < -0.3 is 10.2 Å². The van der Waals surface area contributed by atoms with Crippen molar-refractivity contribution in [1.29, 1.82) is 0 Å². The van der Waals surface area contributed by atoms with Crippen molar-refractivity contribution < 1.29 is 4.74 Å². The van der Waals surface area contributed by atoms with Gasteiger partial charge in [-0.1, -0.05) is 6.08 Å². The molecule has 0 spiro atoms. The summed E-state index contributed by atoms with van der Waals surface area (Å²) in [6.07, 6.45) is 4.02. The number of nitrogens with zero attached hydrogens (tertiary/aromatic N) is 1. The topological polar surface area (TPSA) is 33.6 Å². The zero-order valence-electron chi connectivity index (χ0n) is 7.55. The molecule has 1 saturated heterocycles. The van der Waals surface area contributed by atoms with E-state index in [9.17, 15) is 0 Å². The van der Waals surface area contributed by atoms with Crippen LogP contribution in [0.3, 0.4) is 0 Å². The van der Waals surface area contributed by atoms with Gasteiger partial charge in [-0.25, -0.2) is 0 Å². The molecule has 1 fully saturated rings. The second-order valence-electron chi connectivity index (χ2n) is 2.96. The molecule has 0 aliphatic carbocycles. The third kappa shape index (κ3) is 3.05. The molecular formula is C9H16N2O. The molecule has 0 radical (unpaired) electrons. The van der Waals surface area contributed by atoms with E-state index in [2.05, 4.69) is 24.0 Å². The van der Waals surface area contributed by atoms with Gasteiger partial charge >= 0.3 is 0 Å². The van der Waals surface area contributed by atoms with Crippen molar-refractivity contribution in [3.8, 4) is 0 Å². The highest BCUT2D eigenvalue weighted by molar-refractivity contribution is 5.85. The van der Waals surface area contributed by atoms with E-state index in [0.29, 0.717) is 6.10 Å². The molecule has 0 amide bonds. The molecular weight excluding hydrogens is 152 g/mol. The summed E-state index contributed by atoms with van der Waals surface area (Å²) >= 11 is 0. The third-order valence-corrected chi connectivity index (χ3v) is 1.79. The maximum absolute atomic E-state index is 5.39. The van der Waals surface area contributed by atoms with Crippen LogP contribution in [-0.2, 0) is 4.74 Å². The van der Waals surface area contributed by atoms with Crippen LogP contribution in [-0.4, -0.2) is 25.0 Å². The summed E-state index contributed by atoms with van der Waals surface area (Å²) < 4.78 is 5.39. The van der Waals surface area contributed by atoms with E-state index >= 15 is 0 Å². The normalized spacial score (nSPS) is 27.1. The van der Waals surface area contributed by atoms with Crippen LogP contribution in [0.15, 0.2) is 17.8 Å². The number of rotatable bonds is 3. The molecule has 1 unspecified atom stereocenters. The zero-order valence-corrected chi connectivity index (χ0v) is 7.55. The number of nitrogens with one attached hydrogen (secondary N) is 1. The Morgan fingerprint density at radius 2 is 2.67 bits per heavy atom. The molecule has 0 aromatic rings. The lowest BCUT2D eigenvalue weighted by Crippen LogP contribution is -2.24. The molecule has 1 aliphatic rings. The van der Waals surface area contributed by atoms with Crippen molar-refractivity contribution in [2.24, 2.45) is 5.10 Å². The lowest BCUT2D eigenvalue weighted by molar-refractivity contribution is 0.0631.